The summed E-state index contributed by atoms with van der Waals surface area (Å²) in [6, 6.07) is 10.4. The van der Waals surface area contributed by atoms with E-state index in [1.54, 1.807) is 0 Å². The van der Waals surface area contributed by atoms with Gasteiger partial charge in [0.15, 0.2) is 24.6 Å². The number of rotatable bonds is 11. The van der Waals surface area contributed by atoms with E-state index >= 15 is 0 Å². The van der Waals surface area contributed by atoms with Crippen LogP contribution in [0.1, 0.15) is 26.3 Å². The molecule has 0 N–H and O–H groups in total. The van der Waals surface area contributed by atoms with Crippen LogP contribution in [0.4, 0.5) is 0 Å². The highest BCUT2D eigenvalue weighted by atomic mass is 28.3. The van der Waals surface area contributed by atoms with Crippen LogP contribution in [0.5, 0.6) is 0 Å². The molecule has 0 aromatic heterocycles. The molecule has 1 heterocycles. The minimum absolute atomic E-state index is 0.0330. The van der Waals surface area contributed by atoms with Gasteiger partial charge in [-0.1, -0.05) is 50.0 Å². The van der Waals surface area contributed by atoms with Crippen molar-refractivity contribution in [2.75, 3.05) is 13.2 Å². The van der Waals surface area contributed by atoms with Gasteiger partial charge in [0.2, 0.25) is 0 Å². The Hall–Kier alpha value is -2.27. The molecule has 9 nitrogen and oxygen atoms in total. The van der Waals surface area contributed by atoms with Gasteiger partial charge in [0, 0.05) is 35.5 Å². The molecule has 190 valence electrons. The molecule has 1 aromatic rings. The van der Waals surface area contributed by atoms with Crippen molar-refractivity contribution in [3.05, 3.63) is 35.9 Å². The summed E-state index contributed by atoms with van der Waals surface area (Å²) in [5.41, 5.74) is 0.958. The molecule has 10 heteroatoms. The van der Waals surface area contributed by atoms with Gasteiger partial charge >= 0.3 is 17.9 Å². The fourth-order valence-electron chi connectivity index (χ4n) is 3.47. The molecule has 1 aliphatic rings. The highest BCUT2D eigenvalue weighted by Crippen LogP contribution is 2.30. The predicted octanol–water partition coefficient (Wildman–Crippen LogP) is 3.08. The summed E-state index contributed by atoms with van der Waals surface area (Å²) >= 11 is 0. The van der Waals surface area contributed by atoms with Crippen LogP contribution in [-0.2, 0) is 49.4 Å². The zero-order valence-electron chi connectivity index (χ0n) is 20.8. The second kappa shape index (κ2) is 13.0. The Morgan fingerprint density at radius 1 is 0.853 bits per heavy atom. The van der Waals surface area contributed by atoms with E-state index in [1.165, 1.54) is 20.8 Å². The van der Waals surface area contributed by atoms with E-state index in [1.807, 2.05) is 30.3 Å². The average Bonchev–Trinajstić information content (AvgIpc) is 2.71. The quantitative estimate of drug-likeness (QED) is 0.259. The summed E-state index contributed by atoms with van der Waals surface area (Å²) in [4.78, 5) is 35.7. The van der Waals surface area contributed by atoms with Gasteiger partial charge in [-0.2, -0.15) is 0 Å². The molecular weight excluding hydrogens is 460 g/mol. The van der Waals surface area contributed by atoms with Crippen LogP contribution in [0.15, 0.2) is 30.3 Å². The Labute approximate surface area is 202 Å². The Bertz CT molecular complexity index is 808. The lowest BCUT2D eigenvalue weighted by Gasteiger charge is -2.44. The van der Waals surface area contributed by atoms with Gasteiger partial charge in [-0.15, -0.1) is 0 Å². The summed E-state index contributed by atoms with van der Waals surface area (Å²) in [6.07, 6.45) is -5.14. The van der Waals surface area contributed by atoms with Crippen LogP contribution in [0.2, 0.25) is 25.7 Å². The predicted molar refractivity (Wildman–Crippen MR) is 126 cm³/mol. The lowest BCUT2D eigenvalue weighted by atomic mass is 9.98. The molecule has 0 radical (unpaired) electrons. The summed E-state index contributed by atoms with van der Waals surface area (Å²) in [6.45, 7) is 11.0. The Morgan fingerprint density at radius 3 is 1.97 bits per heavy atom. The van der Waals surface area contributed by atoms with E-state index in [-0.39, 0.29) is 6.61 Å². The third kappa shape index (κ3) is 9.53. The SMILES string of the molecule is CC(=O)O[C@H]1[C@@H](OC(C)=O)[C@@H](COCc2ccccc2)O[C@H](OCC[Si](C)(C)C)[C@@H]1OC(C)=O. The molecule has 1 saturated heterocycles. The number of carbonyl (C=O) groups is 3. The van der Waals surface area contributed by atoms with E-state index in [9.17, 15) is 14.4 Å². The van der Waals surface area contributed by atoms with Gasteiger partial charge in [0.05, 0.1) is 13.2 Å². The maximum atomic E-state index is 11.9. The van der Waals surface area contributed by atoms with Crippen molar-refractivity contribution in [1.29, 1.82) is 0 Å². The van der Waals surface area contributed by atoms with Crippen LogP contribution in [0, 0.1) is 0 Å². The van der Waals surface area contributed by atoms with Gasteiger partial charge in [-0.25, -0.2) is 0 Å². The number of carbonyl (C=O) groups excluding carboxylic acids is 3. The largest absolute Gasteiger partial charge is 0.456 e. The molecule has 1 fully saturated rings. The second-order valence-electron chi connectivity index (χ2n) is 9.45. The second-order valence-corrected chi connectivity index (χ2v) is 15.1. The Balaban J connectivity index is 2.27. The molecule has 1 aromatic carbocycles. The van der Waals surface area contributed by atoms with Gasteiger partial charge in [-0.3, -0.25) is 14.4 Å². The molecule has 1 aliphatic heterocycles. The van der Waals surface area contributed by atoms with E-state index < -0.39 is 56.7 Å². The van der Waals surface area contributed by atoms with Crippen molar-refractivity contribution in [3.63, 3.8) is 0 Å². The molecule has 0 amide bonds. The third-order valence-corrected chi connectivity index (χ3v) is 6.73. The molecule has 5 atom stereocenters. The van der Waals surface area contributed by atoms with Crippen LogP contribution < -0.4 is 0 Å². The number of hydrogen-bond donors (Lipinski definition) is 0. The number of ether oxygens (including phenoxy) is 6. The fourth-order valence-corrected chi connectivity index (χ4v) is 4.20. The molecule has 0 spiro atoms. The lowest BCUT2D eigenvalue weighted by Crippen LogP contribution is -2.62. The number of benzene rings is 1. The first-order chi connectivity index (χ1) is 16.0. The van der Waals surface area contributed by atoms with Crippen molar-refractivity contribution in [1.82, 2.24) is 0 Å². The molecule has 34 heavy (non-hydrogen) atoms. The third-order valence-electron chi connectivity index (χ3n) is 5.03. The van der Waals surface area contributed by atoms with Crippen molar-refractivity contribution >= 4 is 26.0 Å². The first kappa shape index (κ1) is 28.0. The Kier molecular flexibility index (Phi) is 10.7. The average molecular weight is 497 g/mol. The summed E-state index contributed by atoms with van der Waals surface area (Å²) in [5, 5.41) is 0. The van der Waals surface area contributed by atoms with Crippen molar-refractivity contribution in [3.8, 4) is 0 Å². The van der Waals surface area contributed by atoms with Gasteiger partial charge in [0.25, 0.3) is 0 Å². The van der Waals surface area contributed by atoms with Crippen LogP contribution in [0.3, 0.4) is 0 Å². The normalized spacial score (nSPS) is 24.8. The van der Waals surface area contributed by atoms with Gasteiger partial charge in [-0.05, 0) is 11.6 Å². The van der Waals surface area contributed by atoms with Gasteiger partial charge < -0.3 is 28.4 Å². The molecule has 0 unspecified atom stereocenters. The van der Waals surface area contributed by atoms with E-state index in [0.717, 1.165) is 11.6 Å². The fraction of sp³-hybridized carbons (Fsp3) is 0.625. The van der Waals surface area contributed by atoms with Crippen molar-refractivity contribution in [2.45, 2.75) is 83.8 Å². The minimum Gasteiger partial charge on any atom is -0.456 e. The maximum Gasteiger partial charge on any atom is 0.303 e. The molecule has 2 rings (SSSR count). The molecule has 0 bridgehead atoms. The first-order valence-electron chi connectivity index (χ1n) is 11.4. The van der Waals surface area contributed by atoms with Crippen LogP contribution >= 0.6 is 0 Å². The van der Waals surface area contributed by atoms with E-state index in [2.05, 4.69) is 19.6 Å². The zero-order valence-corrected chi connectivity index (χ0v) is 21.8. The van der Waals surface area contributed by atoms with Crippen molar-refractivity contribution < 1.29 is 42.8 Å². The summed E-state index contributed by atoms with van der Waals surface area (Å²) < 4.78 is 34.3. The zero-order chi connectivity index (χ0) is 25.3. The Morgan fingerprint density at radius 2 is 1.41 bits per heavy atom. The monoisotopic (exact) mass is 496 g/mol. The molecular formula is C24H36O9Si. The first-order valence-corrected chi connectivity index (χ1v) is 15.1. The maximum absolute atomic E-state index is 11.9. The van der Waals surface area contributed by atoms with Crippen molar-refractivity contribution in [2.24, 2.45) is 0 Å². The minimum atomic E-state index is -1.42. The number of hydrogen-bond acceptors (Lipinski definition) is 9. The molecule has 0 aliphatic carbocycles. The smallest absolute Gasteiger partial charge is 0.303 e. The number of esters is 3. The van der Waals surface area contributed by atoms with Crippen LogP contribution in [0.25, 0.3) is 0 Å². The topological polar surface area (TPSA) is 107 Å². The van der Waals surface area contributed by atoms with E-state index in [0.29, 0.717) is 13.2 Å². The standard InChI is InChI=1S/C24H36O9Si/c1-16(25)30-21-20(15-28-14-19-10-8-7-9-11-19)33-24(29-12-13-34(4,5)6)23(32-18(3)27)22(21)31-17(2)26/h7-11,20-24H,12-15H2,1-6H3/t20-,21+,22+,23-,24+/m1/s1. The summed E-state index contributed by atoms with van der Waals surface area (Å²) in [7, 11) is -1.42. The summed E-state index contributed by atoms with van der Waals surface area (Å²) in [5.74, 6) is -1.82. The highest BCUT2D eigenvalue weighted by molar-refractivity contribution is 6.76. The lowest BCUT2D eigenvalue weighted by molar-refractivity contribution is -0.308. The van der Waals surface area contributed by atoms with E-state index in [4.69, 9.17) is 28.4 Å². The van der Waals surface area contributed by atoms with Crippen LogP contribution in [-0.4, -0.2) is 69.9 Å². The highest BCUT2D eigenvalue weighted by Gasteiger charge is 2.52. The molecule has 0 saturated carbocycles. The van der Waals surface area contributed by atoms with Gasteiger partial charge in [0.1, 0.15) is 6.10 Å².